The fourth-order valence-corrected chi connectivity index (χ4v) is 1.52. The van der Waals surface area contributed by atoms with Crippen molar-refractivity contribution in [2.45, 2.75) is 53.3 Å². The summed E-state index contributed by atoms with van der Waals surface area (Å²) in [6.07, 6.45) is 0.854. The van der Waals surface area contributed by atoms with Crippen molar-refractivity contribution in [2.24, 2.45) is 17.1 Å². The Bertz CT molecular complexity index is 190. The van der Waals surface area contributed by atoms with Gasteiger partial charge >= 0.3 is 7.12 Å². The molecule has 0 spiro atoms. The van der Waals surface area contributed by atoms with Crippen molar-refractivity contribution in [3.8, 4) is 0 Å². The molecular formula is C10H23BClNO2. The van der Waals surface area contributed by atoms with E-state index in [9.17, 15) is 0 Å². The highest BCUT2D eigenvalue weighted by atomic mass is 35.5. The number of rotatable bonds is 3. The van der Waals surface area contributed by atoms with E-state index in [0.717, 1.165) is 6.42 Å². The summed E-state index contributed by atoms with van der Waals surface area (Å²) in [5.74, 6) is 0.597. The minimum Gasteiger partial charge on any atom is -0.385 e. The lowest BCUT2D eigenvalue weighted by Crippen LogP contribution is -2.60. The molecule has 1 fully saturated rings. The summed E-state index contributed by atoms with van der Waals surface area (Å²) in [7, 11) is -0.193. The van der Waals surface area contributed by atoms with Crippen LogP contribution < -0.4 is 5.73 Å². The Kier molecular flexibility index (Phi) is 5.62. The molecule has 5 heteroatoms. The zero-order chi connectivity index (χ0) is 10.9. The van der Waals surface area contributed by atoms with Crippen LogP contribution in [0.15, 0.2) is 0 Å². The minimum atomic E-state index is -0.193. The Morgan fingerprint density at radius 1 is 1.27 bits per heavy atom. The second-order valence-corrected chi connectivity index (χ2v) is 5.63. The Labute approximate surface area is 99.6 Å². The van der Waals surface area contributed by atoms with Crippen molar-refractivity contribution in [3.63, 3.8) is 0 Å². The molecule has 1 unspecified atom stereocenters. The summed E-state index contributed by atoms with van der Waals surface area (Å²) in [6.45, 7) is 10.6. The molecule has 1 heterocycles. The lowest BCUT2D eigenvalue weighted by Gasteiger charge is -2.44. The minimum absolute atomic E-state index is 0. The molecule has 0 saturated carbocycles. The standard InChI is InChI=1S/C10H22BNO2.ClH/c1-7(2)6-8(12)11-13-9(14-11)10(3,4)5;/h7-9H,6,12H2,1-5H3;1H. The molecule has 1 aliphatic rings. The molecule has 0 aromatic rings. The van der Waals surface area contributed by atoms with Crippen LogP contribution in [0.4, 0.5) is 0 Å². The van der Waals surface area contributed by atoms with Crippen molar-refractivity contribution in [1.29, 1.82) is 0 Å². The average Bonchev–Trinajstić information content (AvgIpc) is 1.75. The van der Waals surface area contributed by atoms with Gasteiger partial charge in [0.2, 0.25) is 0 Å². The largest absolute Gasteiger partial charge is 0.478 e. The van der Waals surface area contributed by atoms with Gasteiger partial charge in [-0.15, -0.1) is 12.4 Å². The van der Waals surface area contributed by atoms with Crippen LogP contribution in [-0.4, -0.2) is 19.3 Å². The van der Waals surface area contributed by atoms with Crippen LogP contribution in [-0.2, 0) is 9.31 Å². The molecular weight excluding hydrogens is 212 g/mol. The van der Waals surface area contributed by atoms with Crippen molar-refractivity contribution in [2.75, 3.05) is 0 Å². The molecule has 90 valence electrons. The van der Waals surface area contributed by atoms with Gasteiger partial charge in [-0.1, -0.05) is 34.6 Å². The van der Waals surface area contributed by atoms with Crippen molar-refractivity contribution in [3.05, 3.63) is 0 Å². The average molecular weight is 236 g/mol. The van der Waals surface area contributed by atoms with Crippen LogP contribution >= 0.6 is 12.4 Å². The van der Waals surface area contributed by atoms with Crippen LogP contribution in [0.2, 0.25) is 0 Å². The first-order valence-corrected chi connectivity index (χ1v) is 5.37. The fraction of sp³-hybridized carbons (Fsp3) is 1.00. The molecule has 3 nitrogen and oxygen atoms in total. The van der Waals surface area contributed by atoms with Crippen molar-refractivity contribution >= 4 is 19.5 Å². The first-order chi connectivity index (χ1) is 6.30. The van der Waals surface area contributed by atoms with Crippen molar-refractivity contribution in [1.82, 2.24) is 0 Å². The Morgan fingerprint density at radius 2 is 1.73 bits per heavy atom. The molecule has 2 N–H and O–H groups in total. The summed E-state index contributed by atoms with van der Waals surface area (Å²) in [4.78, 5) is 0. The van der Waals surface area contributed by atoms with Gasteiger partial charge in [-0.25, -0.2) is 0 Å². The van der Waals surface area contributed by atoms with E-state index in [0.29, 0.717) is 5.92 Å². The number of hydrogen-bond acceptors (Lipinski definition) is 3. The maximum absolute atomic E-state index is 5.94. The molecule has 1 rings (SSSR count). The van der Waals surface area contributed by atoms with E-state index in [4.69, 9.17) is 15.0 Å². The summed E-state index contributed by atoms with van der Waals surface area (Å²) < 4.78 is 11.2. The Hall–Kier alpha value is 0.235. The fourth-order valence-electron chi connectivity index (χ4n) is 1.52. The van der Waals surface area contributed by atoms with Gasteiger partial charge in [-0.3, -0.25) is 0 Å². The Morgan fingerprint density at radius 3 is 2.07 bits per heavy atom. The van der Waals surface area contributed by atoms with Gasteiger partial charge in [0.25, 0.3) is 0 Å². The zero-order valence-electron chi connectivity index (χ0n) is 10.3. The van der Waals surface area contributed by atoms with E-state index >= 15 is 0 Å². The van der Waals surface area contributed by atoms with E-state index in [-0.39, 0.29) is 37.2 Å². The lowest BCUT2D eigenvalue weighted by molar-refractivity contribution is -0.176. The second kappa shape index (κ2) is 5.53. The second-order valence-electron chi connectivity index (χ2n) is 5.63. The maximum Gasteiger partial charge on any atom is 0.478 e. The summed E-state index contributed by atoms with van der Waals surface area (Å²) in [5.41, 5.74) is 5.99. The molecule has 1 saturated heterocycles. The molecule has 1 atom stereocenters. The normalized spacial score (nSPS) is 19.8. The van der Waals surface area contributed by atoms with Crippen LogP contribution in [0.1, 0.15) is 41.0 Å². The molecule has 1 aliphatic heterocycles. The quantitative estimate of drug-likeness (QED) is 0.763. The predicted molar refractivity (Wildman–Crippen MR) is 65.8 cm³/mol. The van der Waals surface area contributed by atoms with Crippen LogP contribution in [0.3, 0.4) is 0 Å². The van der Waals surface area contributed by atoms with Gasteiger partial charge in [-0.2, -0.15) is 0 Å². The maximum atomic E-state index is 5.94. The SMILES string of the molecule is CC(C)CC(N)B1OC(C(C)(C)C)O1.Cl. The van der Waals surface area contributed by atoms with E-state index in [2.05, 4.69) is 34.6 Å². The number of hydrogen-bond donors (Lipinski definition) is 1. The summed E-state index contributed by atoms with van der Waals surface area (Å²) >= 11 is 0. The van der Waals surface area contributed by atoms with Gasteiger partial charge < -0.3 is 15.0 Å². The van der Waals surface area contributed by atoms with Crippen LogP contribution in [0.5, 0.6) is 0 Å². The molecule has 15 heavy (non-hydrogen) atoms. The molecule has 0 aromatic carbocycles. The van der Waals surface area contributed by atoms with Gasteiger partial charge in [0.15, 0.2) is 0 Å². The number of halogens is 1. The summed E-state index contributed by atoms with van der Waals surface area (Å²) in [6, 6.07) is 0. The third kappa shape index (κ3) is 4.31. The predicted octanol–water partition coefficient (Wildman–Crippen LogP) is 2.23. The highest BCUT2D eigenvalue weighted by molar-refractivity contribution is 6.48. The third-order valence-corrected chi connectivity index (χ3v) is 2.32. The molecule has 0 aromatic heterocycles. The smallest absolute Gasteiger partial charge is 0.385 e. The molecule has 0 aliphatic carbocycles. The zero-order valence-corrected chi connectivity index (χ0v) is 11.1. The first-order valence-electron chi connectivity index (χ1n) is 5.37. The third-order valence-electron chi connectivity index (χ3n) is 2.32. The van der Waals surface area contributed by atoms with E-state index in [1.54, 1.807) is 0 Å². The van der Waals surface area contributed by atoms with Gasteiger partial charge in [0.05, 0.1) is 0 Å². The molecule has 0 amide bonds. The highest BCUT2D eigenvalue weighted by Crippen LogP contribution is 2.32. The van der Waals surface area contributed by atoms with Gasteiger partial charge in [0.1, 0.15) is 6.29 Å². The van der Waals surface area contributed by atoms with E-state index < -0.39 is 0 Å². The highest BCUT2D eigenvalue weighted by Gasteiger charge is 2.46. The topological polar surface area (TPSA) is 44.5 Å². The number of nitrogens with two attached hydrogens (primary N) is 1. The van der Waals surface area contributed by atoms with E-state index in [1.165, 1.54) is 0 Å². The van der Waals surface area contributed by atoms with Gasteiger partial charge in [-0.05, 0) is 12.3 Å². The summed E-state index contributed by atoms with van der Waals surface area (Å²) in [5, 5.41) is 0. The van der Waals surface area contributed by atoms with Crippen LogP contribution in [0, 0.1) is 11.3 Å². The van der Waals surface area contributed by atoms with Crippen molar-refractivity contribution < 1.29 is 9.31 Å². The van der Waals surface area contributed by atoms with Crippen LogP contribution in [0.25, 0.3) is 0 Å². The lowest BCUT2D eigenvalue weighted by atomic mass is 9.71. The first kappa shape index (κ1) is 15.2. The Balaban J connectivity index is 0.00000196. The van der Waals surface area contributed by atoms with Gasteiger partial charge in [0, 0.05) is 11.4 Å². The molecule has 0 radical (unpaired) electrons. The van der Waals surface area contributed by atoms with E-state index in [1.807, 2.05) is 0 Å². The monoisotopic (exact) mass is 235 g/mol. The molecule has 0 bridgehead atoms.